The number of sulfone groups is 1. The molecule has 0 aliphatic heterocycles. The normalized spacial score (nSPS) is 15.3. The van der Waals surface area contributed by atoms with Gasteiger partial charge in [-0.15, -0.1) is 0 Å². The molecule has 4 rings (SSSR count). The Morgan fingerprint density at radius 2 is 1.42 bits per heavy atom. The van der Waals surface area contributed by atoms with E-state index in [0.717, 1.165) is 56.5 Å². The zero-order valence-corrected chi connectivity index (χ0v) is 28.3. The van der Waals surface area contributed by atoms with Gasteiger partial charge in [-0.25, -0.2) is 18.4 Å². The molecule has 1 saturated carbocycles. The second-order valence-corrected chi connectivity index (χ2v) is 14.6. The number of anilines is 2. The number of aromatic nitrogens is 2. The predicted octanol–water partition coefficient (Wildman–Crippen LogP) is 8.74. The zero-order chi connectivity index (χ0) is 37.1. The molecule has 0 bridgehead atoms. The number of halogens is 9. The van der Waals surface area contributed by atoms with Gasteiger partial charge in [-0.1, -0.05) is 12.8 Å². The van der Waals surface area contributed by atoms with Gasteiger partial charge in [0.2, 0.25) is 5.95 Å². The Hall–Kier alpha value is -3.76. The summed E-state index contributed by atoms with van der Waals surface area (Å²) in [7, 11) is -3.37. The fourth-order valence-electron chi connectivity index (χ4n) is 5.91. The molecule has 1 aromatic heterocycles. The van der Waals surface area contributed by atoms with E-state index in [1.54, 1.807) is 0 Å². The van der Waals surface area contributed by atoms with Crippen molar-refractivity contribution < 1.29 is 52.7 Å². The lowest BCUT2D eigenvalue weighted by Gasteiger charge is -2.34. The molecule has 2 aromatic carbocycles. The molecule has 0 radical (unpaired) electrons. The van der Waals surface area contributed by atoms with Crippen molar-refractivity contribution in [1.29, 1.82) is 0 Å². The summed E-state index contributed by atoms with van der Waals surface area (Å²) in [5, 5.41) is 0. The first-order valence-electron chi connectivity index (χ1n) is 15.8. The summed E-state index contributed by atoms with van der Waals surface area (Å²) < 4.78 is 153. The summed E-state index contributed by atoms with van der Waals surface area (Å²) in [5.41, 5.74) is -4.01. The molecule has 1 aliphatic carbocycles. The Morgan fingerprint density at radius 3 is 1.92 bits per heavy atom. The molecular formula is C33H37F9N4O3S. The van der Waals surface area contributed by atoms with Gasteiger partial charge < -0.3 is 14.5 Å². The van der Waals surface area contributed by atoms with E-state index < -0.39 is 63.2 Å². The van der Waals surface area contributed by atoms with Gasteiger partial charge in [0.15, 0.2) is 15.6 Å². The largest absolute Gasteiger partial charge is 0.489 e. The summed E-state index contributed by atoms with van der Waals surface area (Å²) in [6.45, 7) is 3.41. The Balaban J connectivity index is 1.84. The van der Waals surface area contributed by atoms with Gasteiger partial charge in [0.05, 0.1) is 40.9 Å². The van der Waals surface area contributed by atoms with E-state index in [1.807, 2.05) is 11.8 Å². The van der Waals surface area contributed by atoms with Gasteiger partial charge in [0.25, 0.3) is 0 Å². The number of nitrogens with zero attached hydrogens (tertiary/aromatic N) is 4. The standard InChI is InChI=1S/C33H37F9N4O3S/c1-4-45(19-22-7-5-6-8-22)29-10-9-25(31(34,35)36)15-24(29)20-46(30-43-17-28(18-44-30)49-11-12-50(3,47)48)21(2)23-13-26(32(37,38)39)16-27(14-23)33(40,41)42/h9-10,13-18,21-22H,4-8,11-12,19-20H2,1-3H3. The first-order chi connectivity index (χ1) is 23.2. The van der Waals surface area contributed by atoms with Crippen molar-refractivity contribution in [2.24, 2.45) is 5.92 Å². The van der Waals surface area contributed by atoms with Crippen LogP contribution in [0.2, 0.25) is 0 Å². The Kier molecular flexibility index (Phi) is 11.9. The molecule has 0 spiro atoms. The molecule has 0 saturated heterocycles. The smallest absolute Gasteiger partial charge is 0.416 e. The number of hydrogen-bond acceptors (Lipinski definition) is 7. The fourth-order valence-corrected chi connectivity index (χ4v) is 6.29. The topological polar surface area (TPSA) is 75.6 Å². The first-order valence-corrected chi connectivity index (χ1v) is 17.9. The van der Waals surface area contributed by atoms with Gasteiger partial charge in [-0.2, -0.15) is 39.5 Å². The van der Waals surface area contributed by atoms with E-state index >= 15 is 0 Å². The van der Waals surface area contributed by atoms with Crippen molar-refractivity contribution >= 4 is 21.5 Å². The van der Waals surface area contributed by atoms with Crippen LogP contribution in [0, 0.1) is 5.92 Å². The van der Waals surface area contributed by atoms with Gasteiger partial charge in [0, 0.05) is 31.6 Å². The van der Waals surface area contributed by atoms with Crippen LogP contribution in [-0.2, 0) is 34.9 Å². The maximum atomic E-state index is 14.0. The molecule has 3 aromatic rings. The lowest BCUT2D eigenvalue weighted by Crippen LogP contribution is -2.32. The first kappa shape index (κ1) is 39.0. The van der Waals surface area contributed by atoms with E-state index in [2.05, 4.69) is 9.97 Å². The van der Waals surface area contributed by atoms with Gasteiger partial charge >= 0.3 is 18.5 Å². The molecule has 0 amide bonds. The van der Waals surface area contributed by atoms with E-state index in [0.29, 0.717) is 36.8 Å². The third-order valence-corrected chi connectivity index (χ3v) is 9.49. The van der Waals surface area contributed by atoms with Crippen molar-refractivity contribution in [3.05, 3.63) is 76.6 Å². The van der Waals surface area contributed by atoms with Crippen LogP contribution < -0.4 is 14.5 Å². The average molecular weight is 741 g/mol. The van der Waals surface area contributed by atoms with Crippen LogP contribution in [0.5, 0.6) is 5.75 Å². The highest BCUT2D eigenvalue weighted by molar-refractivity contribution is 7.90. The number of ether oxygens (including phenoxy) is 1. The molecular weight excluding hydrogens is 703 g/mol. The minimum absolute atomic E-state index is 0.00719. The lowest BCUT2D eigenvalue weighted by molar-refractivity contribution is -0.143. The van der Waals surface area contributed by atoms with Gasteiger partial charge in [-0.05, 0) is 80.1 Å². The number of benzene rings is 2. The van der Waals surface area contributed by atoms with E-state index in [9.17, 15) is 47.9 Å². The van der Waals surface area contributed by atoms with Crippen molar-refractivity contribution in [1.82, 2.24) is 9.97 Å². The third-order valence-electron chi connectivity index (χ3n) is 8.58. The molecule has 0 N–H and O–H groups in total. The highest BCUT2D eigenvalue weighted by atomic mass is 32.2. The number of rotatable bonds is 13. The summed E-state index contributed by atoms with van der Waals surface area (Å²) in [5.74, 6) is -0.259. The molecule has 1 atom stereocenters. The fraction of sp³-hybridized carbons (Fsp3) is 0.515. The summed E-state index contributed by atoms with van der Waals surface area (Å²) in [4.78, 5) is 11.5. The lowest BCUT2D eigenvalue weighted by atomic mass is 9.98. The number of alkyl halides is 9. The minimum atomic E-state index is -5.14. The summed E-state index contributed by atoms with van der Waals surface area (Å²) in [6.07, 6.45) is -7.84. The quantitative estimate of drug-likeness (QED) is 0.162. The zero-order valence-electron chi connectivity index (χ0n) is 27.5. The van der Waals surface area contributed by atoms with E-state index in [4.69, 9.17) is 4.74 Å². The third kappa shape index (κ3) is 10.4. The molecule has 50 heavy (non-hydrogen) atoms. The molecule has 17 heteroatoms. The van der Waals surface area contributed by atoms with Crippen LogP contribution in [0.25, 0.3) is 0 Å². The van der Waals surface area contributed by atoms with E-state index in [-0.39, 0.29) is 35.7 Å². The van der Waals surface area contributed by atoms with Crippen molar-refractivity contribution in [3.63, 3.8) is 0 Å². The number of hydrogen-bond donors (Lipinski definition) is 0. The minimum Gasteiger partial charge on any atom is -0.489 e. The Labute approximate surface area is 284 Å². The molecule has 1 heterocycles. The second-order valence-electron chi connectivity index (χ2n) is 12.4. The van der Waals surface area contributed by atoms with Crippen LogP contribution >= 0.6 is 0 Å². The Bertz CT molecular complexity index is 1680. The summed E-state index contributed by atoms with van der Waals surface area (Å²) in [6, 6.07) is 2.95. The highest BCUT2D eigenvalue weighted by Gasteiger charge is 2.38. The van der Waals surface area contributed by atoms with Crippen LogP contribution in [-0.4, -0.2) is 50.1 Å². The SMILES string of the molecule is CCN(CC1CCCC1)c1ccc(C(F)(F)F)cc1CN(c1ncc(OCCS(C)(=O)=O)cn1)C(C)c1cc(C(F)(F)F)cc(C(F)(F)F)c1. The maximum Gasteiger partial charge on any atom is 0.416 e. The van der Waals surface area contributed by atoms with Gasteiger partial charge in [-0.3, -0.25) is 0 Å². The average Bonchev–Trinajstić information content (AvgIpc) is 3.54. The van der Waals surface area contributed by atoms with Crippen LogP contribution in [0.15, 0.2) is 48.8 Å². The molecule has 276 valence electrons. The molecule has 7 nitrogen and oxygen atoms in total. The van der Waals surface area contributed by atoms with Crippen LogP contribution in [0.3, 0.4) is 0 Å². The van der Waals surface area contributed by atoms with Crippen molar-refractivity contribution in [2.45, 2.75) is 70.6 Å². The predicted molar refractivity (Wildman–Crippen MR) is 170 cm³/mol. The maximum absolute atomic E-state index is 14.0. The van der Waals surface area contributed by atoms with Crippen LogP contribution in [0.4, 0.5) is 51.1 Å². The highest BCUT2D eigenvalue weighted by Crippen LogP contribution is 2.40. The van der Waals surface area contributed by atoms with E-state index in [1.165, 1.54) is 17.9 Å². The van der Waals surface area contributed by atoms with Gasteiger partial charge in [0.1, 0.15) is 6.61 Å². The van der Waals surface area contributed by atoms with Crippen molar-refractivity contribution in [3.8, 4) is 5.75 Å². The van der Waals surface area contributed by atoms with Crippen molar-refractivity contribution in [2.75, 3.05) is 41.5 Å². The monoisotopic (exact) mass is 740 g/mol. The molecule has 1 aliphatic rings. The molecule has 1 unspecified atom stereocenters. The second kappa shape index (κ2) is 15.2. The summed E-state index contributed by atoms with van der Waals surface area (Å²) >= 11 is 0. The van der Waals surface area contributed by atoms with Crippen LogP contribution in [0.1, 0.15) is 73.4 Å². The molecule has 1 fully saturated rings. The Morgan fingerprint density at radius 1 is 0.860 bits per heavy atom.